The van der Waals surface area contributed by atoms with Crippen molar-refractivity contribution in [2.24, 2.45) is 0 Å². The van der Waals surface area contributed by atoms with Gasteiger partial charge in [-0.1, -0.05) is 30.3 Å². The Labute approximate surface area is 177 Å². The Morgan fingerprint density at radius 3 is 2.84 bits per heavy atom. The third-order valence-corrected chi connectivity index (χ3v) is 6.17. The summed E-state index contributed by atoms with van der Waals surface area (Å²) in [5, 5.41) is 0. The lowest BCUT2D eigenvalue weighted by atomic mass is 10.1. The van der Waals surface area contributed by atoms with Crippen LogP contribution in [0.15, 0.2) is 36.7 Å². The zero-order valence-corrected chi connectivity index (χ0v) is 17.3. The van der Waals surface area contributed by atoms with Gasteiger partial charge >= 0.3 is 14.2 Å². The summed E-state index contributed by atoms with van der Waals surface area (Å²) in [6, 6.07) is 9.79. The van der Waals surface area contributed by atoms with Gasteiger partial charge in [0.1, 0.15) is 31.7 Å². The van der Waals surface area contributed by atoms with Gasteiger partial charge in [-0.3, -0.25) is 0 Å². The SMILES string of the molecule is COC1[C@H]2O[P+](O)(O)OC[C@@H]2O[C@H]1n1c(OCc2ccccc2)nc2c(N)ncnc21. The largest absolute Gasteiger partial charge is 0.570 e. The average Bonchev–Trinajstić information content (AvgIpc) is 3.30. The van der Waals surface area contributed by atoms with Crippen molar-refractivity contribution in [2.45, 2.75) is 31.1 Å². The number of nitrogens with zero attached hydrogens (tertiary/aromatic N) is 4. The van der Waals surface area contributed by atoms with Crippen LogP contribution in [0.5, 0.6) is 6.01 Å². The number of nitrogen functional groups attached to an aromatic ring is 1. The number of fused-ring (bicyclic) bond motifs is 2. The van der Waals surface area contributed by atoms with E-state index in [1.807, 2.05) is 30.3 Å². The van der Waals surface area contributed by atoms with Crippen molar-refractivity contribution >= 4 is 25.2 Å². The Kier molecular flexibility index (Phi) is 5.22. The molecule has 3 aromatic rings. The van der Waals surface area contributed by atoms with E-state index in [9.17, 15) is 9.79 Å². The first-order chi connectivity index (χ1) is 15.0. The highest BCUT2D eigenvalue weighted by atomic mass is 31.2. The summed E-state index contributed by atoms with van der Waals surface area (Å²) in [6.07, 6.45) is -1.57. The Hall–Kier alpha value is -2.44. The number of methoxy groups -OCH3 is 1. The van der Waals surface area contributed by atoms with E-state index in [0.29, 0.717) is 11.2 Å². The smallest absolute Gasteiger partial charge is 0.460 e. The van der Waals surface area contributed by atoms with Crippen LogP contribution in [0.25, 0.3) is 11.2 Å². The van der Waals surface area contributed by atoms with Gasteiger partial charge in [-0.25, -0.2) is 14.5 Å². The van der Waals surface area contributed by atoms with Crippen molar-refractivity contribution in [2.75, 3.05) is 19.5 Å². The first-order valence-electron chi connectivity index (χ1n) is 9.48. The number of benzene rings is 1. The molecule has 0 bridgehead atoms. The maximum absolute atomic E-state index is 9.85. The van der Waals surface area contributed by atoms with Gasteiger partial charge in [0.15, 0.2) is 29.3 Å². The molecule has 1 unspecified atom stereocenters. The van der Waals surface area contributed by atoms with Crippen LogP contribution in [0.3, 0.4) is 0 Å². The van der Waals surface area contributed by atoms with Gasteiger partial charge in [0.25, 0.3) is 0 Å². The first kappa shape index (κ1) is 20.5. The predicted octanol–water partition coefficient (Wildman–Crippen LogP) is 0.977. The minimum absolute atomic E-state index is 0.0637. The van der Waals surface area contributed by atoms with Gasteiger partial charge in [0.05, 0.1) is 0 Å². The highest BCUT2D eigenvalue weighted by molar-refractivity contribution is 7.54. The minimum Gasteiger partial charge on any atom is -0.460 e. The molecule has 13 heteroatoms. The molecular weight excluding hydrogens is 429 g/mol. The highest BCUT2D eigenvalue weighted by Crippen LogP contribution is 2.59. The Morgan fingerprint density at radius 1 is 1.26 bits per heavy atom. The number of rotatable bonds is 5. The molecule has 2 aliphatic heterocycles. The lowest BCUT2D eigenvalue weighted by molar-refractivity contribution is -0.0761. The topological polar surface area (TPSA) is 156 Å². The summed E-state index contributed by atoms with van der Waals surface area (Å²) in [4.78, 5) is 32.5. The number of hydrogen-bond donors (Lipinski definition) is 3. The molecule has 2 saturated heterocycles. The summed E-state index contributed by atoms with van der Waals surface area (Å²) in [5.41, 5.74) is 7.68. The van der Waals surface area contributed by atoms with Crippen molar-refractivity contribution < 1.29 is 33.0 Å². The van der Waals surface area contributed by atoms with Crippen LogP contribution in [-0.2, 0) is 25.1 Å². The molecule has 0 aliphatic carbocycles. The van der Waals surface area contributed by atoms with E-state index >= 15 is 0 Å². The summed E-state index contributed by atoms with van der Waals surface area (Å²) in [5.74, 6) is 0.188. The molecule has 4 heterocycles. The second-order valence-electron chi connectivity index (χ2n) is 7.09. The Bertz CT molecular complexity index is 1080. The van der Waals surface area contributed by atoms with Crippen molar-refractivity contribution in [3.63, 3.8) is 0 Å². The predicted molar refractivity (Wildman–Crippen MR) is 107 cm³/mol. The molecule has 2 aromatic heterocycles. The summed E-state index contributed by atoms with van der Waals surface area (Å²) in [7, 11) is -2.47. The van der Waals surface area contributed by atoms with Gasteiger partial charge in [-0.05, 0) is 5.56 Å². The Balaban J connectivity index is 1.54. The van der Waals surface area contributed by atoms with Crippen molar-refractivity contribution in [3.05, 3.63) is 42.2 Å². The summed E-state index contributed by atoms with van der Waals surface area (Å²) < 4.78 is 29.7. The summed E-state index contributed by atoms with van der Waals surface area (Å²) >= 11 is 0. The molecule has 12 nitrogen and oxygen atoms in total. The molecular formula is C18H21N5O7P+. The molecule has 0 spiro atoms. The number of hydrogen-bond acceptors (Lipinski definition) is 11. The maximum atomic E-state index is 9.85. The molecule has 0 amide bonds. The van der Waals surface area contributed by atoms with E-state index in [0.717, 1.165) is 5.56 Å². The molecule has 2 fully saturated rings. The molecule has 4 N–H and O–H groups in total. The van der Waals surface area contributed by atoms with Crippen molar-refractivity contribution in [1.29, 1.82) is 0 Å². The third-order valence-electron chi connectivity index (χ3n) is 5.16. The van der Waals surface area contributed by atoms with E-state index in [-0.39, 0.29) is 25.0 Å². The third kappa shape index (κ3) is 3.72. The molecule has 164 valence electrons. The molecule has 31 heavy (non-hydrogen) atoms. The molecule has 1 aromatic carbocycles. The van der Waals surface area contributed by atoms with Crippen LogP contribution in [0.4, 0.5) is 5.82 Å². The lowest BCUT2D eigenvalue weighted by Gasteiger charge is -2.26. The maximum Gasteiger partial charge on any atom is 0.570 e. The van der Waals surface area contributed by atoms with Gasteiger partial charge in [-0.15, -0.1) is 4.52 Å². The van der Waals surface area contributed by atoms with Crippen LogP contribution in [0.1, 0.15) is 11.8 Å². The number of aromatic nitrogens is 4. The van der Waals surface area contributed by atoms with Crippen LogP contribution < -0.4 is 10.5 Å². The number of anilines is 1. The number of ether oxygens (including phenoxy) is 3. The standard InChI is InChI=1S/C18H21N5O7P/c1-26-14-13-11(8-28-31(24,25)30-13)29-17(14)23-16-12(15(19)20-9-21-16)22-18(23)27-7-10-5-3-2-4-6-10/h2-6,9,11,13-14,17,24-25H,7-8H2,1H3,(H2,19,20,21)/q+1/t11-,13-,14?,17+/m0/s1. The van der Waals surface area contributed by atoms with E-state index in [1.165, 1.54) is 13.4 Å². The molecule has 5 rings (SSSR count). The van der Waals surface area contributed by atoms with Gasteiger partial charge in [0, 0.05) is 7.11 Å². The van der Waals surface area contributed by atoms with Crippen molar-refractivity contribution in [1.82, 2.24) is 19.5 Å². The minimum atomic E-state index is -3.94. The lowest BCUT2D eigenvalue weighted by Crippen LogP contribution is -2.41. The number of imidazole rings is 1. The fraction of sp³-hybridized carbons (Fsp3) is 0.389. The van der Waals surface area contributed by atoms with Gasteiger partial charge in [0.2, 0.25) is 0 Å². The fourth-order valence-corrected chi connectivity index (χ4v) is 4.72. The summed E-state index contributed by atoms with van der Waals surface area (Å²) in [6.45, 7) is 0.183. The average molecular weight is 450 g/mol. The second kappa shape index (κ2) is 7.92. The monoisotopic (exact) mass is 450 g/mol. The fourth-order valence-electron chi connectivity index (χ4n) is 3.75. The van der Waals surface area contributed by atoms with E-state index in [4.69, 9.17) is 29.0 Å². The number of nitrogens with two attached hydrogens (primary N) is 1. The van der Waals surface area contributed by atoms with Crippen LogP contribution in [0.2, 0.25) is 0 Å². The normalized spacial score (nSPS) is 27.3. The first-order valence-corrected chi connectivity index (χ1v) is 11.0. The molecule has 2 aliphatic rings. The van der Waals surface area contributed by atoms with E-state index < -0.39 is 32.7 Å². The molecule has 0 saturated carbocycles. The second-order valence-corrected chi connectivity index (χ2v) is 8.54. The zero-order chi connectivity index (χ0) is 21.6. The van der Waals surface area contributed by atoms with Crippen LogP contribution in [-0.4, -0.2) is 61.3 Å². The van der Waals surface area contributed by atoms with E-state index in [1.54, 1.807) is 4.57 Å². The highest BCUT2D eigenvalue weighted by Gasteiger charge is 2.60. The van der Waals surface area contributed by atoms with Gasteiger partial charge < -0.3 is 19.9 Å². The Morgan fingerprint density at radius 2 is 2.06 bits per heavy atom. The van der Waals surface area contributed by atoms with Gasteiger partial charge in [-0.2, -0.15) is 19.3 Å². The van der Waals surface area contributed by atoms with Crippen LogP contribution >= 0.6 is 8.17 Å². The van der Waals surface area contributed by atoms with E-state index in [2.05, 4.69) is 15.0 Å². The quantitative estimate of drug-likeness (QED) is 0.476. The van der Waals surface area contributed by atoms with Crippen LogP contribution in [0, 0.1) is 0 Å². The molecule has 0 radical (unpaired) electrons. The van der Waals surface area contributed by atoms with Crippen molar-refractivity contribution in [3.8, 4) is 6.01 Å². The zero-order valence-electron chi connectivity index (χ0n) is 16.4. The molecule has 4 atom stereocenters.